The molecule has 1 aliphatic heterocycles. The second-order valence-corrected chi connectivity index (χ2v) is 9.74. The molecule has 2 amide bonds. The average molecular weight is 538 g/mol. The van der Waals surface area contributed by atoms with Crippen LogP contribution in [0.1, 0.15) is 17.9 Å². The maximum Gasteiger partial charge on any atom is 0.324 e. The summed E-state index contributed by atoms with van der Waals surface area (Å²) in [6, 6.07) is 13.0. The third kappa shape index (κ3) is 7.38. The van der Waals surface area contributed by atoms with Gasteiger partial charge in [0.15, 0.2) is 0 Å². The van der Waals surface area contributed by atoms with Gasteiger partial charge in [0.25, 0.3) is 12.4 Å². The maximum absolute atomic E-state index is 15.0. The molecule has 0 spiro atoms. The minimum Gasteiger partial charge on any atom is -0.471 e. The molecule has 0 bridgehead atoms. The molecule has 4 rings (SSSR count). The van der Waals surface area contributed by atoms with Gasteiger partial charge in [0.2, 0.25) is 5.89 Å². The third-order valence-electron chi connectivity index (χ3n) is 5.37. The van der Waals surface area contributed by atoms with E-state index >= 15 is 0 Å². The largest absolute Gasteiger partial charge is 0.471 e. The second-order valence-electron chi connectivity index (χ2n) is 7.63. The molecule has 2 aromatic carbocycles. The number of alkyl halides is 2. The van der Waals surface area contributed by atoms with Gasteiger partial charge in [-0.25, -0.2) is 9.18 Å². The standard InChI is InChI=1S/C22H22F3N5O2S.C2H4O2/c1-26-33-11-9-29(10-12-33)22(31)30(17-5-3-2-4-6-17)14-16-8-7-15(13-18(16)23)20-27-28-21(32-20)19(24)25;1-4-2-3/h2-8,13,19H,9-12,14H2,1H3;2H,1H3. The molecule has 0 N–H and O–H groups in total. The fourth-order valence-electron chi connectivity index (χ4n) is 3.49. The highest BCUT2D eigenvalue weighted by Gasteiger charge is 2.26. The Morgan fingerprint density at radius 1 is 1.22 bits per heavy atom. The molecule has 3 aromatic rings. The van der Waals surface area contributed by atoms with Gasteiger partial charge in [0.1, 0.15) is 5.82 Å². The number of amides is 2. The normalized spacial score (nSPS) is 13.5. The Hall–Kier alpha value is -3.74. The van der Waals surface area contributed by atoms with Crippen molar-refractivity contribution in [1.82, 2.24) is 15.1 Å². The van der Waals surface area contributed by atoms with E-state index in [1.54, 1.807) is 24.1 Å². The molecule has 0 unspecified atom stereocenters. The van der Waals surface area contributed by atoms with Crippen LogP contribution in [0.15, 0.2) is 57.3 Å². The van der Waals surface area contributed by atoms with E-state index in [4.69, 9.17) is 9.21 Å². The van der Waals surface area contributed by atoms with Gasteiger partial charge < -0.3 is 14.1 Å². The summed E-state index contributed by atoms with van der Waals surface area (Å²) in [4.78, 5) is 25.6. The molecular weight excluding hydrogens is 511 g/mol. The number of rotatable bonds is 6. The van der Waals surface area contributed by atoms with Crippen LogP contribution in [-0.2, 0) is 26.8 Å². The number of hydrogen-bond donors (Lipinski definition) is 0. The molecule has 0 aliphatic carbocycles. The first kappa shape index (κ1) is 27.8. The Balaban J connectivity index is 0.000000886. The monoisotopic (exact) mass is 537 g/mol. The summed E-state index contributed by atoms with van der Waals surface area (Å²) in [7, 11) is 3.09. The summed E-state index contributed by atoms with van der Waals surface area (Å²) in [5.74, 6) is 0.00706. The molecule has 1 fully saturated rings. The summed E-state index contributed by atoms with van der Waals surface area (Å²) in [6.07, 6.45) is -2.91. The predicted octanol–water partition coefficient (Wildman–Crippen LogP) is 4.48. The number of urea groups is 1. The zero-order valence-corrected chi connectivity index (χ0v) is 21.0. The Kier molecular flexibility index (Phi) is 10.2. The van der Waals surface area contributed by atoms with Crippen LogP contribution in [-0.4, -0.2) is 66.4 Å². The predicted molar refractivity (Wildman–Crippen MR) is 133 cm³/mol. The Labute approximate surface area is 214 Å². The van der Waals surface area contributed by atoms with E-state index in [9.17, 15) is 18.0 Å². The number of carbonyl (C=O) groups is 2. The number of carbonyl (C=O) groups excluding carboxylic acids is 2. The first-order valence-corrected chi connectivity index (χ1v) is 12.7. The zero-order chi connectivity index (χ0) is 26.8. The van der Waals surface area contributed by atoms with E-state index in [0.29, 0.717) is 25.2 Å². The number of aromatic nitrogens is 2. The molecule has 0 saturated carbocycles. The Bertz CT molecular complexity index is 1220. The second kappa shape index (κ2) is 13.5. The van der Waals surface area contributed by atoms with Crippen LogP contribution < -0.4 is 4.90 Å². The van der Waals surface area contributed by atoms with Crippen LogP contribution in [0.25, 0.3) is 11.5 Å². The summed E-state index contributed by atoms with van der Waals surface area (Å²) < 4.78 is 53.5. The molecule has 9 nitrogen and oxygen atoms in total. The van der Waals surface area contributed by atoms with Gasteiger partial charge in [-0.05, 0) is 24.3 Å². The highest BCUT2D eigenvalue weighted by atomic mass is 32.2. The van der Waals surface area contributed by atoms with Crippen molar-refractivity contribution < 1.29 is 31.9 Å². The van der Waals surface area contributed by atoms with Crippen molar-refractivity contribution in [2.45, 2.75) is 13.0 Å². The molecule has 1 aliphatic rings. The van der Waals surface area contributed by atoms with Crippen LogP contribution in [0, 0.1) is 5.82 Å². The average Bonchev–Trinajstić information content (AvgIpc) is 3.44. The molecule has 0 radical (unpaired) electrons. The van der Waals surface area contributed by atoms with Gasteiger partial charge in [-0.15, -0.1) is 10.2 Å². The van der Waals surface area contributed by atoms with Gasteiger partial charge >= 0.3 is 12.5 Å². The van der Waals surface area contributed by atoms with Crippen molar-refractivity contribution in [3.63, 3.8) is 0 Å². The van der Waals surface area contributed by atoms with Crippen molar-refractivity contribution in [2.24, 2.45) is 4.36 Å². The minimum absolute atomic E-state index is 0.00143. The van der Waals surface area contributed by atoms with E-state index in [1.807, 2.05) is 18.2 Å². The molecule has 0 atom stereocenters. The van der Waals surface area contributed by atoms with E-state index < -0.39 is 18.1 Å². The molecular formula is C24H26F3N5O4S. The first-order valence-electron chi connectivity index (χ1n) is 11.1. The highest BCUT2D eigenvalue weighted by molar-refractivity contribution is 7.87. The van der Waals surface area contributed by atoms with E-state index in [-0.39, 0.29) is 40.3 Å². The zero-order valence-electron chi connectivity index (χ0n) is 20.2. The Morgan fingerprint density at radius 3 is 2.43 bits per heavy atom. The summed E-state index contributed by atoms with van der Waals surface area (Å²) in [5, 5.41) is 6.81. The van der Waals surface area contributed by atoms with Crippen LogP contribution in [0.3, 0.4) is 0 Å². The lowest BCUT2D eigenvalue weighted by Crippen LogP contribution is -2.48. The van der Waals surface area contributed by atoms with Gasteiger partial charge in [0, 0.05) is 48.5 Å². The van der Waals surface area contributed by atoms with Gasteiger partial charge in [-0.3, -0.25) is 14.1 Å². The number of anilines is 1. The van der Waals surface area contributed by atoms with Crippen LogP contribution in [0.5, 0.6) is 0 Å². The Morgan fingerprint density at radius 2 is 1.89 bits per heavy atom. The van der Waals surface area contributed by atoms with E-state index in [1.165, 1.54) is 24.1 Å². The summed E-state index contributed by atoms with van der Waals surface area (Å²) in [5.41, 5.74) is 1.10. The van der Waals surface area contributed by atoms with Crippen molar-refractivity contribution >= 4 is 28.9 Å². The number of nitrogens with zero attached hydrogens (tertiary/aromatic N) is 5. The number of hydrogen-bond acceptors (Lipinski definition) is 7. The first-order chi connectivity index (χ1) is 17.9. The SMILES string of the molecule is CN=S1CCN(C(=O)N(Cc2ccc(-c3nnc(C(F)F)o3)cc2F)c2ccccc2)CC1.COC=O. The van der Waals surface area contributed by atoms with Crippen molar-refractivity contribution in [3.8, 4) is 11.5 Å². The van der Waals surface area contributed by atoms with E-state index in [2.05, 4.69) is 19.3 Å². The quantitative estimate of drug-likeness (QED) is 0.430. The van der Waals surface area contributed by atoms with Gasteiger partial charge in [-0.1, -0.05) is 35.0 Å². The minimum atomic E-state index is -2.91. The molecule has 2 heterocycles. The van der Waals surface area contributed by atoms with Crippen LogP contribution >= 0.6 is 0 Å². The molecule has 198 valence electrons. The number of para-hydroxylation sites is 1. The van der Waals surface area contributed by atoms with Crippen molar-refractivity contribution in [2.75, 3.05) is 43.7 Å². The number of halogens is 3. The number of methoxy groups -OCH3 is 1. The number of ether oxygens (including phenoxy) is 1. The number of benzene rings is 2. The molecule has 1 aromatic heterocycles. The van der Waals surface area contributed by atoms with Gasteiger partial charge in [0.05, 0.1) is 13.7 Å². The van der Waals surface area contributed by atoms with Crippen molar-refractivity contribution in [1.29, 1.82) is 0 Å². The van der Waals surface area contributed by atoms with Crippen molar-refractivity contribution in [3.05, 3.63) is 65.8 Å². The fraction of sp³-hybridized carbons (Fsp3) is 0.333. The van der Waals surface area contributed by atoms with Crippen LogP contribution in [0.4, 0.5) is 23.7 Å². The summed E-state index contributed by atoms with van der Waals surface area (Å²) >= 11 is 0. The molecule has 13 heteroatoms. The lowest BCUT2D eigenvalue weighted by molar-refractivity contribution is -0.126. The summed E-state index contributed by atoms with van der Waals surface area (Å²) in [6.45, 7) is 1.56. The molecule has 1 saturated heterocycles. The highest BCUT2D eigenvalue weighted by Crippen LogP contribution is 2.26. The lowest BCUT2D eigenvalue weighted by atomic mass is 10.1. The van der Waals surface area contributed by atoms with Gasteiger partial charge in [-0.2, -0.15) is 8.78 Å². The maximum atomic E-state index is 15.0. The third-order valence-corrected chi connectivity index (χ3v) is 7.20. The molecule has 37 heavy (non-hydrogen) atoms. The lowest BCUT2D eigenvalue weighted by Gasteiger charge is -2.34. The smallest absolute Gasteiger partial charge is 0.324 e. The van der Waals surface area contributed by atoms with E-state index in [0.717, 1.165) is 17.6 Å². The van der Waals surface area contributed by atoms with Crippen LogP contribution in [0.2, 0.25) is 0 Å². The topological polar surface area (TPSA) is 101 Å². The fourth-order valence-corrected chi connectivity index (χ4v) is 4.92.